The Balaban J connectivity index is 2.30. The number of hydrogen-bond donors (Lipinski definition) is 0. The van der Waals surface area contributed by atoms with E-state index in [-0.39, 0.29) is 12.0 Å². The molecule has 0 radical (unpaired) electrons. The number of anilines is 1. The Morgan fingerprint density at radius 1 is 1.55 bits per heavy atom. The van der Waals surface area contributed by atoms with Crippen molar-refractivity contribution in [3.05, 3.63) is 28.8 Å². The summed E-state index contributed by atoms with van der Waals surface area (Å²) in [4.78, 5) is 13.7. The Labute approximate surface area is 123 Å². The molecule has 1 aliphatic heterocycles. The molecular weight excluding hydrogens is 276 g/mol. The van der Waals surface area contributed by atoms with Gasteiger partial charge >= 0.3 is 5.97 Å². The van der Waals surface area contributed by atoms with E-state index < -0.39 is 0 Å². The molecule has 1 saturated heterocycles. The molecule has 4 nitrogen and oxygen atoms in total. The first-order valence-corrected chi connectivity index (χ1v) is 7.06. The lowest BCUT2D eigenvalue weighted by molar-refractivity contribution is -0.141. The van der Waals surface area contributed by atoms with Crippen LogP contribution in [0.3, 0.4) is 0 Å². The van der Waals surface area contributed by atoms with Crippen molar-refractivity contribution in [2.75, 3.05) is 18.6 Å². The van der Waals surface area contributed by atoms with Crippen LogP contribution in [0, 0.1) is 11.3 Å². The molecule has 1 aliphatic rings. The summed E-state index contributed by atoms with van der Waals surface area (Å²) < 4.78 is 4.76. The lowest BCUT2D eigenvalue weighted by Gasteiger charge is -2.37. The molecule has 0 aromatic heterocycles. The maximum atomic E-state index is 11.5. The molecule has 1 aromatic carbocycles. The van der Waals surface area contributed by atoms with Crippen LogP contribution in [0.25, 0.3) is 0 Å². The molecule has 1 fully saturated rings. The lowest BCUT2D eigenvalue weighted by atomic mass is 9.97. The Kier molecular flexibility index (Phi) is 4.86. The molecule has 1 unspecified atom stereocenters. The van der Waals surface area contributed by atoms with Crippen molar-refractivity contribution >= 4 is 23.3 Å². The first-order chi connectivity index (χ1) is 9.65. The third-order valence-electron chi connectivity index (χ3n) is 3.65. The maximum absolute atomic E-state index is 11.5. The molecule has 1 aromatic rings. The van der Waals surface area contributed by atoms with Crippen molar-refractivity contribution in [1.82, 2.24) is 0 Å². The number of ether oxygens (including phenoxy) is 1. The van der Waals surface area contributed by atoms with Gasteiger partial charge in [-0.05, 0) is 37.5 Å². The fourth-order valence-corrected chi connectivity index (χ4v) is 2.81. The first-order valence-electron chi connectivity index (χ1n) is 6.69. The van der Waals surface area contributed by atoms with Crippen LogP contribution in [-0.4, -0.2) is 25.7 Å². The van der Waals surface area contributed by atoms with Gasteiger partial charge in [-0.25, -0.2) is 0 Å². The van der Waals surface area contributed by atoms with Gasteiger partial charge < -0.3 is 9.64 Å². The zero-order valence-electron chi connectivity index (χ0n) is 11.4. The molecule has 2 rings (SSSR count). The highest BCUT2D eigenvalue weighted by Crippen LogP contribution is 2.31. The Morgan fingerprint density at radius 2 is 2.35 bits per heavy atom. The van der Waals surface area contributed by atoms with E-state index in [0.717, 1.165) is 31.5 Å². The van der Waals surface area contributed by atoms with E-state index in [1.54, 1.807) is 18.2 Å². The number of piperidine rings is 1. The quantitative estimate of drug-likeness (QED) is 0.803. The third kappa shape index (κ3) is 3.23. The highest BCUT2D eigenvalue weighted by Gasteiger charge is 2.27. The maximum Gasteiger partial charge on any atom is 0.307 e. The van der Waals surface area contributed by atoms with Gasteiger partial charge in [-0.1, -0.05) is 11.6 Å². The van der Waals surface area contributed by atoms with Crippen molar-refractivity contribution < 1.29 is 9.53 Å². The fourth-order valence-electron chi connectivity index (χ4n) is 2.64. The molecule has 1 heterocycles. The molecule has 0 N–H and O–H groups in total. The molecule has 0 spiro atoms. The molecule has 20 heavy (non-hydrogen) atoms. The van der Waals surface area contributed by atoms with Crippen molar-refractivity contribution in [2.24, 2.45) is 0 Å². The molecule has 106 valence electrons. The second-order valence-corrected chi connectivity index (χ2v) is 5.33. The largest absolute Gasteiger partial charge is 0.469 e. The van der Waals surface area contributed by atoms with Crippen molar-refractivity contribution in [2.45, 2.75) is 31.7 Å². The minimum Gasteiger partial charge on any atom is -0.469 e. The van der Waals surface area contributed by atoms with Gasteiger partial charge in [0, 0.05) is 17.6 Å². The van der Waals surface area contributed by atoms with E-state index in [2.05, 4.69) is 11.0 Å². The van der Waals surface area contributed by atoms with E-state index in [0.29, 0.717) is 17.0 Å². The van der Waals surface area contributed by atoms with Crippen LogP contribution in [-0.2, 0) is 9.53 Å². The molecular formula is C15H17ClN2O2. The zero-order chi connectivity index (χ0) is 14.5. The van der Waals surface area contributed by atoms with Crippen LogP contribution >= 0.6 is 11.6 Å². The Morgan fingerprint density at radius 3 is 3.05 bits per heavy atom. The minimum absolute atomic E-state index is 0.0711. The van der Waals surface area contributed by atoms with Gasteiger partial charge in [-0.3, -0.25) is 4.79 Å². The summed E-state index contributed by atoms with van der Waals surface area (Å²) in [7, 11) is 1.40. The van der Waals surface area contributed by atoms with Gasteiger partial charge in [0.05, 0.1) is 24.8 Å². The standard InChI is InChI=1S/C15H17ClN2O2/c1-20-15(19)9-13-4-2-3-7-18(13)14-8-12(16)6-5-11(14)10-17/h5-6,8,13H,2-4,7,9H2,1H3. The monoisotopic (exact) mass is 292 g/mol. The molecule has 0 aliphatic carbocycles. The van der Waals surface area contributed by atoms with Gasteiger partial charge in [0.15, 0.2) is 0 Å². The predicted octanol–water partition coefficient (Wildman–Crippen LogP) is 3.13. The SMILES string of the molecule is COC(=O)CC1CCCCN1c1cc(Cl)ccc1C#N. The number of hydrogen-bond acceptors (Lipinski definition) is 4. The van der Waals surface area contributed by atoms with Gasteiger partial charge in [-0.2, -0.15) is 5.26 Å². The van der Waals surface area contributed by atoms with E-state index in [1.807, 2.05) is 0 Å². The highest BCUT2D eigenvalue weighted by atomic mass is 35.5. The zero-order valence-corrected chi connectivity index (χ0v) is 12.2. The van der Waals surface area contributed by atoms with Crippen LogP contribution in [0.5, 0.6) is 0 Å². The van der Waals surface area contributed by atoms with Crippen LogP contribution in [0.2, 0.25) is 5.02 Å². The average molecular weight is 293 g/mol. The lowest BCUT2D eigenvalue weighted by Crippen LogP contribution is -2.41. The van der Waals surface area contributed by atoms with Crippen LogP contribution in [0.15, 0.2) is 18.2 Å². The topological polar surface area (TPSA) is 53.3 Å². The number of carbonyl (C=O) groups is 1. The summed E-state index contributed by atoms with van der Waals surface area (Å²) in [6.45, 7) is 0.830. The molecule has 0 saturated carbocycles. The van der Waals surface area contributed by atoms with E-state index in [9.17, 15) is 10.1 Å². The summed E-state index contributed by atoms with van der Waals surface area (Å²) in [6, 6.07) is 7.50. The number of nitriles is 1. The normalized spacial score (nSPS) is 18.4. The predicted molar refractivity (Wildman–Crippen MR) is 77.8 cm³/mol. The summed E-state index contributed by atoms with van der Waals surface area (Å²) in [6.07, 6.45) is 3.40. The van der Waals surface area contributed by atoms with E-state index in [1.165, 1.54) is 7.11 Å². The number of esters is 1. The average Bonchev–Trinajstić information content (AvgIpc) is 2.47. The van der Waals surface area contributed by atoms with E-state index in [4.69, 9.17) is 16.3 Å². The van der Waals surface area contributed by atoms with Crippen molar-refractivity contribution in [3.63, 3.8) is 0 Å². The second-order valence-electron chi connectivity index (χ2n) is 4.90. The van der Waals surface area contributed by atoms with Crippen LogP contribution in [0.4, 0.5) is 5.69 Å². The summed E-state index contributed by atoms with van der Waals surface area (Å²) in [5, 5.41) is 9.84. The molecule has 5 heteroatoms. The number of benzene rings is 1. The number of methoxy groups -OCH3 is 1. The smallest absolute Gasteiger partial charge is 0.307 e. The number of halogens is 1. The van der Waals surface area contributed by atoms with E-state index >= 15 is 0 Å². The van der Waals surface area contributed by atoms with Crippen molar-refractivity contribution in [1.29, 1.82) is 5.26 Å². The number of rotatable bonds is 3. The number of carbonyl (C=O) groups excluding carboxylic acids is 1. The Hall–Kier alpha value is -1.73. The van der Waals surface area contributed by atoms with Gasteiger partial charge in [0.2, 0.25) is 0 Å². The number of nitrogens with zero attached hydrogens (tertiary/aromatic N) is 2. The summed E-state index contributed by atoms with van der Waals surface area (Å²) in [5.41, 5.74) is 1.40. The Bertz CT molecular complexity index is 539. The van der Waals surface area contributed by atoms with Crippen LogP contribution in [0.1, 0.15) is 31.2 Å². The summed E-state index contributed by atoms with van der Waals surface area (Å²) in [5.74, 6) is -0.220. The molecule has 1 atom stereocenters. The fraction of sp³-hybridized carbons (Fsp3) is 0.467. The summed E-state index contributed by atoms with van der Waals surface area (Å²) >= 11 is 6.05. The van der Waals surface area contributed by atoms with Crippen molar-refractivity contribution in [3.8, 4) is 6.07 Å². The highest BCUT2D eigenvalue weighted by molar-refractivity contribution is 6.30. The van der Waals surface area contributed by atoms with Gasteiger partial charge in [0.25, 0.3) is 0 Å². The van der Waals surface area contributed by atoms with Gasteiger partial charge in [0.1, 0.15) is 6.07 Å². The second kappa shape index (κ2) is 6.62. The third-order valence-corrected chi connectivity index (χ3v) is 3.88. The van der Waals surface area contributed by atoms with Gasteiger partial charge in [-0.15, -0.1) is 0 Å². The minimum atomic E-state index is -0.220. The first kappa shape index (κ1) is 14.7. The molecule has 0 amide bonds. The molecule has 0 bridgehead atoms. The van der Waals surface area contributed by atoms with Crippen LogP contribution < -0.4 is 4.90 Å².